The molecule has 1 unspecified atom stereocenters. The summed E-state index contributed by atoms with van der Waals surface area (Å²) >= 11 is 0. The van der Waals surface area contributed by atoms with Crippen LogP contribution in [0.1, 0.15) is 13.8 Å². The van der Waals surface area contributed by atoms with Gasteiger partial charge in [0.25, 0.3) is 0 Å². The lowest BCUT2D eigenvalue weighted by Gasteiger charge is -2.13. The molecule has 13 heavy (non-hydrogen) atoms. The van der Waals surface area contributed by atoms with Gasteiger partial charge in [0, 0.05) is 5.57 Å². The van der Waals surface area contributed by atoms with E-state index in [9.17, 15) is 9.36 Å². The van der Waals surface area contributed by atoms with E-state index in [0.29, 0.717) is 0 Å². The maximum Gasteiger partial charge on any atom is 0.333 e. The predicted molar refractivity (Wildman–Crippen MR) is 47.3 cm³/mol. The van der Waals surface area contributed by atoms with Gasteiger partial charge in [-0.05, 0) is 13.8 Å². The van der Waals surface area contributed by atoms with Gasteiger partial charge in [-0.2, -0.15) is 0 Å². The normalized spacial score (nSPS) is 13.5. The SMILES string of the molecule is C=C(C)C(=O)OCC(C)P(=O)(O)O. The second-order valence-electron chi connectivity index (χ2n) is 2.82. The molecule has 0 saturated heterocycles. The van der Waals surface area contributed by atoms with Crippen LogP contribution in [-0.4, -0.2) is 28.0 Å². The number of esters is 1. The third kappa shape index (κ3) is 4.83. The van der Waals surface area contributed by atoms with Crippen molar-refractivity contribution in [2.45, 2.75) is 19.5 Å². The topological polar surface area (TPSA) is 83.8 Å². The highest BCUT2D eigenvalue weighted by molar-refractivity contribution is 7.52. The number of carbonyl (C=O) groups excluding carboxylic acids is 1. The Kier molecular flexibility index (Phi) is 4.33. The highest BCUT2D eigenvalue weighted by Crippen LogP contribution is 2.40. The zero-order chi connectivity index (χ0) is 10.6. The van der Waals surface area contributed by atoms with Gasteiger partial charge in [-0.15, -0.1) is 0 Å². The molecule has 0 aliphatic rings. The summed E-state index contributed by atoms with van der Waals surface area (Å²) in [5, 5.41) is 0. The van der Waals surface area contributed by atoms with Crippen molar-refractivity contribution in [1.29, 1.82) is 0 Å². The molecule has 0 saturated carbocycles. The van der Waals surface area contributed by atoms with Gasteiger partial charge >= 0.3 is 13.6 Å². The Bertz CT molecular complexity index is 254. The van der Waals surface area contributed by atoms with Crippen LogP contribution in [0.5, 0.6) is 0 Å². The van der Waals surface area contributed by atoms with Crippen LogP contribution in [0.2, 0.25) is 0 Å². The van der Waals surface area contributed by atoms with Crippen molar-refractivity contribution in [3.05, 3.63) is 12.2 Å². The van der Waals surface area contributed by atoms with Crippen molar-refractivity contribution in [3.63, 3.8) is 0 Å². The maximum absolute atomic E-state index is 10.8. The molecule has 0 spiro atoms. The zero-order valence-corrected chi connectivity index (χ0v) is 8.45. The Labute approximate surface area is 76.6 Å². The number of ether oxygens (including phenoxy) is 1. The molecule has 6 heteroatoms. The molecule has 0 amide bonds. The molecule has 0 radical (unpaired) electrons. The number of carbonyl (C=O) groups is 1. The molecule has 0 aliphatic carbocycles. The summed E-state index contributed by atoms with van der Waals surface area (Å²) in [6.45, 7) is 5.81. The minimum absolute atomic E-state index is 0.206. The highest BCUT2D eigenvalue weighted by atomic mass is 31.2. The Balaban J connectivity index is 3.98. The summed E-state index contributed by atoms with van der Waals surface area (Å²) in [5.41, 5.74) is -0.770. The average Bonchev–Trinajstić information content (AvgIpc) is 1.97. The van der Waals surface area contributed by atoms with Gasteiger partial charge in [0.2, 0.25) is 0 Å². The lowest BCUT2D eigenvalue weighted by atomic mass is 10.4. The van der Waals surface area contributed by atoms with Crippen LogP contribution in [0.3, 0.4) is 0 Å². The minimum Gasteiger partial charge on any atom is -0.461 e. The molecule has 0 fully saturated rings. The molecule has 0 aromatic heterocycles. The molecule has 0 aromatic carbocycles. The fourth-order valence-electron chi connectivity index (χ4n) is 0.417. The van der Waals surface area contributed by atoms with Crippen molar-refractivity contribution < 1.29 is 23.9 Å². The summed E-state index contributed by atoms with van der Waals surface area (Å²) in [4.78, 5) is 28.1. The van der Waals surface area contributed by atoms with Crippen molar-refractivity contribution in [2.24, 2.45) is 0 Å². The monoisotopic (exact) mass is 208 g/mol. The molecular weight excluding hydrogens is 195 g/mol. The van der Waals surface area contributed by atoms with Gasteiger partial charge in [-0.25, -0.2) is 4.79 Å². The Morgan fingerprint density at radius 3 is 2.38 bits per heavy atom. The highest BCUT2D eigenvalue weighted by Gasteiger charge is 2.25. The summed E-state index contributed by atoms with van der Waals surface area (Å²) in [5.74, 6) is -0.639. The van der Waals surface area contributed by atoms with Crippen LogP contribution >= 0.6 is 7.60 Å². The van der Waals surface area contributed by atoms with E-state index in [4.69, 9.17) is 9.79 Å². The van der Waals surface area contributed by atoms with E-state index < -0.39 is 19.2 Å². The average molecular weight is 208 g/mol. The van der Waals surface area contributed by atoms with E-state index in [2.05, 4.69) is 11.3 Å². The van der Waals surface area contributed by atoms with Crippen LogP contribution in [-0.2, 0) is 14.1 Å². The van der Waals surface area contributed by atoms with Crippen molar-refractivity contribution in [2.75, 3.05) is 6.61 Å². The molecular formula is C7H13O5P. The Hall–Kier alpha value is -0.640. The zero-order valence-electron chi connectivity index (χ0n) is 7.56. The maximum atomic E-state index is 10.8. The fraction of sp³-hybridized carbons (Fsp3) is 0.571. The summed E-state index contributed by atoms with van der Waals surface area (Å²) in [7, 11) is -4.15. The van der Waals surface area contributed by atoms with E-state index in [-0.39, 0.29) is 12.2 Å². The van der Waals surface area contributed by atoms with E-state index in [1.54, 1.807) is 0 Å². The molecule has 5 nitrogen and oxygen atoms in total. The molecule has 0 bridgehead atoms. The van der Waals surface area contributed by atoms with E-state index in [1.807, 2.05) is 0 Å². The van der Waals surface area contributed by atoms with Crippen molar-refractivity contribution in [3.8, 4) is 0 Å². The van der Waals surface area contributed by atoms with Crippen LogP contribution in [0.15, 0.2) is 12.2 Å². The third-order valence-corrected chi connectivity index (χ3v) is 2.68. The fourth-order valence-corrected chi connectivity index (χ4v) is 0.685. The molecule has 76 valence electrons. The first-order valence-corrected chi connectivity index (χ1v) is 5.31. The van der Waals surface area contributed by atoms with E-state index in [0.717, 1.165) is 0 Å². The van der Waals surface area contributed by atoms with Gasteiger partial charge in [0.1, 0.15) is 6.61 Å². The summed E-state index contributed by atoms with van der Waals surface area (Å²) in [6.07, 6.45) is 0. The summed E-state index contributed by atoms with van der Waals surface area (Å²) < 4.78 is 15.2. The van der Waals surface area contributed by atoms with Crippen LogP contribution in [0.25, 0.3) is 0 Å². The van der Waals surface area contributed by atoms with Gasteiger partial charge < -0.3 is 14.5 Å². The standard InChI is InChI=1S/C7H13O5P/c1-5(2)7(8)12-4-6(3)13(9,10)11/h6H,1,4H2,2-3H3,(H2,9,10,11). The van der Waals surface area contributed by atoms with Crippen LogP contribution in [0.4, 0.5) is 0 Å². The van der Waals surface area contributed by atoms with Gasteiger partial charge in [-0.3, -0.25) is 4.57 Å². The molecule has 0 aliphatic heterocycles. The predicted octanol–water partition coefficient (Wildman–Crippen LogP) is 0.672. The quantitative estimate of drug-likeness (QED) is 0.403. The first kappa shape index (κ1) is 12.4. The molecule has 1 atom stereocenters. The number of hydrogen-bond acceptors (Lipinski definition) is 3. The Morgan fingerprint density at radius 1 is 1.62 bits per heavy atom. The minimum atomic E-state index is -4.15. The van der Waals surface area contributed by atoms with E-state index in [1.165, 1.54) is 13.8 Å². The first-order chi connectivity index (χ1) is 5.75. The first-order valence-electron chi connectivity index (χ1n) is 3.63. The van der Waals surface area contributed by atoms with Crippen molar-refractivity contribution in [1.82, 2.24) is 0 Å². The molecule has 2 N–H and O–H groups in total. The largest absolute Gasteiger partial charge is 0.461 e. The second kappa shape index (κ2) is 4.56. The second-order valence-corrected chi connectivity index (χ2v) is 4.88. The molecule has 0 heterocycles. The smallest absolute Gasteiger partial charge is 0.333 e. The number of rotatable bonds is 4. The van der Waals surface area contributed by atoms with Crippen LogP contribution in [0, 0.1) is 0 Å². The van der Waals surface area contributed by atoms with Crippen molar-refractivity contribution >= 4 is 13.6 Å². The van der Waals surface area contributed by atoms with Crippen LogP contribution < -0.4 is 0 Å². The van der Waals surface area contributed by atoms with Gasteiger partial charge in [-0.1, -0.05) is 6.58 Å². The Morgan fingerprint density at radius 2 is 2.08 bits per heavy atom. The van der Waals surface area contributed by atoms with E-state index >= 15 is 0 Å². The summed E-state index contributed by atoms with van der Waals surface area (Å²) in [6, 6.07) is 0. The third-order valence-electron chi connectivity index (χ3n) is 1.38. The van der Waals surface area contributed by atoms with Gasteiger partial charge in [0.15, 0.2) is 0 Å². The van der Waals surface area contributed by atoms with Gasteiger partial charge in [0.05, 0.1) is 5.66 Å². The molecule has 0 rings (SSSR count). The molecule has 0 aromatic rings. The lowest BCUT2D eigenvalue weighted by molar-refractivity contribution is -0.138. The number of hydrogen-bond donors (Lipinski definition) is 2. The lowest BCUT2D eigenvalue weighted by Crippen LogP contribution is -2.16.